The van der Waals surface area contributed by atoms with Crippen molar-refractivity contribution in [1.82, 2.24) is 10.6 Å². The van der Waals surface area contributed by atoms with Gasteiger partial charge in [0.1, 0.15) is 11.9 Å². The number of benzene rings is 2. The molecule has 2 rings (SSSR count). The summed E-state index contributed by atoms with van der Waals surface area (Å²) in [6.07, 6.45) is -1.21. The van der Waals surface area contributed by atoms with E-state index < -0.39 is 20.8 Å². The van der Waals surface area contributed by atoms with Crippen molar-refractivity contribution in [3.8, 4) is 5.75 Å². The fourth-order valence-corrected chi connectivity index (χ4v) is 3.13. The largest absolute Gasteiger partial charge is 0.495 e. The van der Waals surface area contributed by atoms with Gasteiger partial charge in [-0.2, -0.15) is 0 Å². The summed E-state index contributed by atoms with van der Waals surface area (Å²) in [6, 6.07) is 10.7. The summed E-state index contributed by atoms with van der Waals surface area (Å²) in [5, 5.41) is 18.9. The molecule has 0 radical (unpaired) electrons. The van der Waals surface area contributed by atoms with Crippen LogP contribution in [0.2, 0.25) is 0 Å². The van der Waals surface area contributed by atoms with Crippen LogP contribution in [0.4, 0.5) is 11.4 Å². The van der Waals surface area contributed by atoms with Crippen LogP contribution in [0, 0.1) is 13.7 Å². The number of thiocarbonyl (C=S) groups is 1. The monoisotopic (exact) mass is 602 g/mol. The zero-order chi connectivity index (χ0) is 22.5. The molecule has 0 aliphatic rings. The molecule has 13 heteroatoms. The van der Waals surface area contributed by atoms with Gasteiger partial charge in [0.05, 0.1) is 17.7 Å². The number of methoxy groups -OCH3 is 1. The quantitative estimate of drug-likeness (QED) is 0.111. The van der Waals surface area contributed by atoms with Crippen LogP contribution in [-0.2, 0) is 0 Å². The third-order valence-corrected chi connectivity index (χ3v) is 5.22. The van der Waals surface area contributed by atoms with Gasteiger partial charge in [-0.15, -0.1) is 0 Å². The first-order valence-electron chi connectivity index (χ1n) is 8.04. The molecule has 1 amide bonds. The highest BCUT2D eigenvalue weighted by atomic mass is 127. The third-order valence-electron chi connectivity index (χ3n) is 3.63. The Bertz CT molecular complexity index is 957. The summed E-state index contributed by atoms with van der Waals surface area (Å²) >= 11 is 25.3. The second-order valence-electron chi connectivity index (χ2n) is 5.70. The molecule has 3 N–H and O–H groups in total. The number of nitro groups is 1. The van der Waals surface area contributed by atoms with Gasteiger partial charge < -0.3 is 20.7 Å². The Balaban J connectivity index is 2.16. The maximum absolute atomic E-state index is 12.5. The topological polar surface area (TPSA) is 106 Å². The maximum atomic E-state index is 12.5. The lowest BCUT2D eigenvalue weighted by Crippen LogP contribution is -2.56. The minimum absolute atomic E-state index is 0.0620. The molecule has 2 aromatic carbocycles. The van der Waals surface area contributed by atoms with E-state index in [1.807, 2.05) is 0 Å². The molecule has 0 aromatic heterocycles. The highest BCUT2D eigenvalue weighted by molar-refractivity contribution is 14.1. The van der Waals surface area contributed by atoms with Gasteiger partial charge in [0, 0.05) is 21.3 Å². The van der Waals surface area contributed by atoms with Crippen molar-refractivity contribution in [1.29, 1.82) is 0 Å². The van der Waals surface area contributed by atoms with Gasteiger partial charge in [-0.1, -0.05) is 34.8 Å². The molecule has 0 unspecified atom stereocenters. The number of ether oxygens (including phenoxy) is 1. The zero-order valence-electron chi connectivity index (χ0n) is 15.1. The number of carbonyl (C=O) groups excluding carboxylic acids is 1. The van der Waals surface area contributed by atoms with Crippen molar-refractivity contribution in [2.24, 2.45) is 0 Å². The van der Waals surface area contributed by atoms with Crippen LogP contribution in [-0.4, -0.2) is 33.0 Å². The molecular weight excluding hydrogens is 590 g/mol. The normalized spacial score (nSPS) is 11.9. The predicted molar refractivity (Wildman–Crippen MR) is 130 cm³/mol. The number of nitrogens with one attached hydrogen (secondary N) is 3. The number of amides is 1. The van der Waals surface area contributed by atoms with Crippen molar-refractivity contribution in [2.75, 3.05) is 12.4 Å². The molecule has 0 aliphatic carbocycles. The van der Waals surface area contributed by atoms with Crippen LogP contribution in [0.3, 0.4) is 0 Å². The van der Waals surface area contributed by atoms with Crippen LogP contribution in [0.5, 0.6) is 5.75 Å². The summed E-state index contributed by atoms with van der Waals surface area (Å²) in [4.78, 5) is 22.9. The maximum Gasteiger partial charge on any atom is 0.271 e. The van der Waals surface area contributed by atoms with E-state index in [1.165, 1.54) is 25.3 Å². The molecule has 0 spiro atoms. The van der Waals surface area contributed by atoms with Crippen LogP contribution >= 0.6 is 69.6 Å². The Morgan fingerprint density at radius 1 is 1.20 bits per heavy atom. The first-order valence-corrected chi connectivity index (χ1v) is 10.7. The Kier molecular flexibility index (Phi) is 8.73. The number of alkyl halides is 3. The molecule has 160 valence electrons. The van der Waals surface area contributed by atoms with Crippen LogP contribution in [0.25, 0.3) is 0 Å². The average Bonchev–Trinajstić information content (AvgIpc) is 2.67. The molecule has 1 atom stereocenters. The van der Waals surface area contributed by atoms with E-state index >= 15 is 0 Å². The lowest BCUT2D eigenvalue weighted by atomic mass is 10.2. The van der Waals surface area contributed by atoms with Crippen molar-refractivity contribution in [3.05, 3.63) is 61.7 Å². The molecule has 2 aromatic rings. The Morgan fingerprint density at radius 2 is 1.83 bits per heavy atom. The van der Waals surface area contributed by atoms with Crippen LogP contribution in [0.15, 0.2) is 42.5 Å². The van der Waals surface area contributed by atoms with Crippen molar-refractivity contribution < 1.29 is 14.5 Å². The van der Waals surface area contributed by atoms with Gasteiger partial charge in [-0.25, -0.2) is 0 Å². The summed E-state index contributed by atoms with van der Waals surface area (Å²) in [6.45, 7) is 0. The lowest BCUT2D eigenvalue weighted by molar-refractivity contribution is -0.384. The molecule has 0 saturated heterocycles. The Labute approximate surface area is 205 Å². The van der Waals surface area contributed by atoms with E-state index in [1.54, 1.807) is 24.3 Å². The van der Waals surface area contributed by atoms with Gasteiger partial charge >= 0.3 is 0 Å². The van der Waals surface area contributed by atoms with E-state index in [2.05, 4.69) is 38.5 Å². The van der Waals surface area contributed by atoms with E-state index in [0.29, 0.717) is 11.3 Å². The van der Waals surface area contributed by atoms with Crippen molar-refractivity contribution in [2.45, 2.75) is 9.96 Å². The third kappa shape index (κ3) is 6.98. The molecular formula is C17H14Cl3IN4O4S. The van der Waals surface area contributed by atoms with Crippen molar-refractivity contribution in [3.63, 3.8) is 0 Å². The van der Waals surface area contributed by atoms with Crippen LogP contribution in [0.1, 0.15) is 10.4 Å². The molecule has 0 saturated carbocycles. The molecule has 0 aliphatic heterocycles. The van der Waals surface area contributed by atoms with E-state index in [4.69, 9.17) is 51.8 Å². The number of non-ortho nitro benzene ring substituents is 1. The van der Waals surface area contributed by atoms with Gasteiger partial charge in [0.2, 0.25) is 3.79 Å². The van der Waals surface area contributed by atoms with E-state index in [9.17, 15) is 14.9 Å². The minimum Gasteiger partial charge on any atom is -0.495 e. The number of carbonyl (C=O) groups is 1. The Morgan fingerprint density at radius 3 is 2.37 bits per heavy atom. The average molecular weight is 604 g/mol. The van der Waals surface area contributed by atoms with E-state index in [0.717, 1.165) is 3.57 Å². The Hall–Kier alpha value is -1.60. The highest BCUT2D eigenvalue weighted by Crippen LogP contribution is 2.31. The van der Waals surface area contributed by atoms with Gasteiger partial charge in [0.15, 0.2) is 5.11 Å². The lowest BCUT2D eigenvalue weighted by Gasteiger charge is -2.28. The summed E-state index contributed by atoms with van der Waals surface area (Å²) in [7, 11) is 1.40. The molecule has 30 heavy (non-hydrogen) atoms. The standard InChI is InChI=1S/C17H14Cl3IN4O4S/c1-29-13-7-6-11(25(27)28)8-12(13)22-16(30)24-15(17(18,19)20)23-14(26)9-2-4-10(21)5-3-9/h2-8,15H,1H3,(H,23,26)(H2,22,24,30)/t15-/m0/s1. The summed E-state index contributed by atoms with van der Waals surface area (Å²) in [5.41, 5.74) is 0.401. The second-order valence-corrected chi connectivity index (χ2v) is 9.72. The second kappa shape index (κ2) is 10.6. The number of anilines is 1. The summed E-state index contributed by atoms with van der Waals surface area (Å²) in [5.74, 6) is -0.191. The highest BCUT2D eigenvalue weighted by Gasteiger charge is 2.35. The first kappa shape index (κ1) is 24.7. The SMILES string of the molecule is COc1ccc([N+](=O)[O-])cc1NC(=S)N[C@H](NC(=O)c1ccc(I)cc1)C(Cl)(Cl)Cl. The number of rotatable bonds is 6. The first-order chi connectivity index (χ1) is 14.0. The van der Waals surface area contributed by atoms with E-state index in [-0.39, 0.29) is 16.5 Å². The number of halogens is 4. The van der Waals surface area contributed by atoms with Gasteiger partial charge in [0.25, 0.3) is 11.6 Å². The van der Waals surface area contributed by atoms with Crippen molar-refractivity contribution >= 4 is 92.0 Å². The molecule has 0 bridgehead atoms. The molecule has 0 fully saturated rings. The number of nitro benzene ring substituents is 1. The molecule has 0 heterocycles. The fraction of sp³-hybridized carbons (Fsp3) is 0.176. The summed E-state index contributed by atoms with van der Waals surface area (Å²) < 4.78 is 4.16. The fourth-order valence-electron chi connectivity index (χ4n) is 2.21. The molecule has 8 nitrogen and oxygen atoms in total. The number of nitrogens with zero attached hydrogens (tertiary/aromatic N) is 1. The minimum atomic E-state index is -1.96. The number of hydrogen-bond donors (Lipinski definition) is 3. The van der Waals surface area contributed by atoms with Crippen LogP contribution < -0.4 is 20.7 Å². The predicted octanol–water partition coefficient (Wildman–Crippen LogP) is 4.62. The zero-order valence-corrected chi connectivity index (χ0v) is 20.4. The van der Waals surface area contributed by atoms with Gasteiger partial charge in [-0.3, -0.25) is 14.9 Å². The van der Waals surface area contributed by atoms with Gasteiger partial charge in [-0.05, 0) is 65.1 Å². The smallest absolute Gasteiger partial charge is 0.271 e. The number of hydrogen-bond acceptors (Lipinski definition) is 5.